The number of rotatable bonds is 4. The number of fused-ring (bicyclic) bond motifs is 3. The van der Waals surface area contributed by atoms with E-state index in [0.717, 1.165) is 53.6 Å². The fraction of sp³-hybridized carbons (Fsp3) is 0.519. The summed E-state index contributed by atoms with van der Waals surface area (Å²) >= 11 is 3.07. The Morgan fingerprint density at radius 3 is 2.56 bits per heavy atom. The minimum absolute atomic E-state index is 0.00214. The lowest BCUT2D eigenvalue weighted by Crippen LogP contribution is -2.48. The maximum atomic E-state index is 14.0. The van der Waals surface area contributed by atoms with Crippen LogP contribution in [-0.4, -0.2) is 38.2 Å². The highest BCUT2D eigenvalue weighted by Crippen LogP contribution is 2.35. The van der Waals surface area contributed by atoms with Gasteiger partial charge in [0.1, 0.15) is 4.83 Å². The molecule has 5 nitrogen and oxygen atoms in total. The summed E-state index contributed by atoms with van der Waals surface area (Å²) < 4.78 is 1.75. The predicted molar refractivity (Wildman–Crippen MR) is 142 cm³/mol. The minimum atomic E-state index is 0.00214. The van der Waals surface area contributed by atoms with Crippen molar-refractivity contribution in [2.24, 2.45) is 0 Å². The summed E-state index contributed by atoms with van der Waals surface area (Å²) in [5.74, 6) is 0.430. The summed E-state index contributed by atoms with van der Waals surface area (Å²) in [4.78, 5) is 36.4. The lowest BCUT2D eigenvalue weighted by Gasteiger charge is -2.39. The van der Waals surface area contributed by atoms with Gasteiger partial charge in [0, 0.05) is 17.0 Å². The van der Waals surface area contributed by atoms with E-state index < -0.39 is 0 Å². The van der Waals surface area contributed by atoms with Gasteiger partial charge in [-0.05, 0) is 101 Å². The molecule has 0 bridgehead atoms. The zero-order valence-electron chi connectivity index (χ0n) is 20.5. The second kappa shape index (κ2) is 9.50. The van der Waals surface area contributed by atoms with Crippen LogP contribution in [0.5, 0.6) is 0 Å². The van der Waals surface area contributed by atoms with E-state index in [1.54, 1.807) is 15.9 Å². The van der Waals surface area contributed by atoms with Crippen LogP contribution >= 0.6 is 23.1 Å². The molecule has 7 heteroatoms. The average Bonchev–Trinajstić information content (AvgIpc) is 3.18. The third-order valence-corrected chi connectivity index (χ3v) is 9.62. The van der Waals surface area contributed by atoms with Gasteiger partial charge in [-0.1, -0.05) is 17.8 Å². The Labute approximate surface area is 209 Å². The SMILES string of the molecule is Cc1ccc(-n2c(SCC(=O)N3C(C)CCCC3C)nc3sc4c(c3c2=O)CCCC4)cc1C. The van der Waals surface area contributed by atoms with Crippen LogP contribution in [0.25, 0.3) is 15.9 Å². The van der Waals surface area contributed by atoms with Crippen molar-refractivity contribution in [3.8, 4) is 5.69 Å². The van der Waals surface area contributed by atoms with Crippen LogP contribution in [0.2, 0.25) is 0 Å². The smallest absolute Gasteiger partial charge is 0.267 e. The van der Waals surface area contributed by atoms with Crippen LogP contribution < -0.4 is 5.56 Å². The van der Waals surface area contributed by atoms with Gasteiger partial charge < -0.3 is 4.90 Å². The van der Waals surface area contributed by atoms with Gasteiger partial charge >= 0.3 is 0 Å². The molecule has 180 valence electrons. The summed E-state index contributed by atoms with van der Waals surface area (Å²) in [5, 5.41) is 1.40. The van der Waals surface area contributed by atoms with Crippen molar-refractivity contribution in [2.75, 3.05) is 5.75 Å². The molecule has 1 fully saturated rings. The molecule has 2 aromatic heterocycles. The molecule has 2 unspecified atom stereocenters. The number of thiophene rings is 1. The van der Waals surface area contributed by atoms with E-state index in [-0.39, 0.29) is 23.6 Å². The van der Waals surface area contributed by atoms with Gasteiger partial charge in [-0.2, -0.15) is 0 Å². The quantitative estimate of drug-likeness (QED) is 0.338. The highest BCUT2D eigenvalue weighted by atomic mass is 32.2. The second-order valence-corrected chi connectivity index (χ2v) is 11.9. The van der Waals surface area contributed by atoms with Gasteiger partial charge in [0.15, 0.2) is 5.16 Å². The number of aryl methyl sites for hydroxylation is 4. The number of piperidine rings is 1. The molecule has 1 saturated heterocycles. The summed E-state index contributed by atoms with van der Waals surface area (Å²) in [6.45, 7) is 8.43. The summed E-state index contributed by atoms with van der Waals surface area (Å²) in [7, 11) is 0. The van der Waals surface area contributed by atoms with Crippen molar-refractivity contribution in [1.82, 2.24) is 14.5 Å². The normalized spacial score (nSPS) is 20.5. The van der Waals surface area contributed by atoms with E-state index in [9.17, 15) is 9.59 Å². The molecule has 2 atom stereocenters. The lowest BCUT2D eigenvalue weighted by atomic mass is 9.97. The first-order chi connectivity index (χ1) is 16.3. The number of amides is 1. The van der Waals surface area contributed by atoms with Crippen molar-refractivity contribution in [2.45, 2.75) is 89.9 Å². The summed E-state index contributed by atoms with van der Waals surface area (Å²) in [6.07, 6.45) is 7.57. The minimum Gasteiger partial charge on any atom is -0.337 e. The first-order valence-electron chi connectivity index (χ1n) is 12.4. The van der Waals surface area contributed by atoms with Gasteiger partial charge in [0.2, 0.25) is 5.91 Å². The molecule has 1 aromatic carbocycles. The van der Waals surface area contributed by atoms with Crippen molar-refractivity contribution < 1.29 is 4.79 Å². The first-order valence-corrected chi connectivity index (χ1v) is 14.2. The predicted octanol–water partition coefficient (Wildman–Crippen LogP) is 5.82. The van der Waals surface area contributed by atoms with Crippen LogP contribution in [0, 0.1) is 13.8 Å². The van der Waals surface area contributed by atoms with E-state index in [1.165, 1.54) is 40.6 Å². The van der Waals surface area contributed by atoms with E-state index in [4.69, 9.17) is 4.98 Å². The molecule has 0 spiro atoms. The Morgan fingerprint density at radius 2 is 1.82 bits per heavy atom. The van der Waals surface area contributed by atoms with Crippen molar-refractivity contribution in [1.29, 1.82) is 0 Å². The molecule has 5 rings (SSSR count). The zero-order chi connectivity index (χ0) is 24.0. The topological polar surface area (TPSA) is 55.2 Å². The number of hydrogen-bond donors (Lipinski definition) is 0. The molecule has 1 aliphatic carbocycles. The Kier molecular flexibility index (Phi) is 6.60. The van der Waals surface area contributed by atoms with Gasteiger partial charge in [-0.15, -0.1) is 11.3 Å². The molecule has 0 N–H and O–H groups in total. The molecular weight excluding hydrogens is 462 g/mol. The van der Waals surface area contributed by atoms with Crippen LogP contribution in [0.4, 0.5) is 0 Å². The molecule has 1 amide bonds. The molecule has 34 heavy (non-hydrogen) atoms. The third-order valence-electron chi connectivity index (χ3n) is 7.51. The fourth-order valence-electron chi connectivity index (χ4n) is 5.49. The standard InChI is InChI=1S/C27H33N3O2S2/c1-16-12-13-20(14-17(16)2)30-26(32)24-21-10-5-6-11-22(21)34-25(24)28-27(30)33-15-23(31)29-18(3)8-7-9-19(29)4/h12-14,18-19H,5-11,15H2,1-4H3. The Bertz CT molecular complexity index is 1300. The van der Waals surface area contributed by atoms with E-state index in [2.05, 4.69) is 39.8 Å². The Hall–Kier alpha value is -2.12. The number of aromatic nitrogens is 2. The Balaban J connectivity index is 1.57. The molecule has 3 heterocycles. The fourth-order valence-corrected chi connectivity index (χ4v) is 7.67. The van der Waals surface area contributed by atoms with Crippen molar-refractivity contribution >= 4 is 39.2 Å². The van der Waals surface area contributed by atoms with Gasteiger partial charge in [-0.3, -0.25) is 14.2 Å². The number of benzene rings is 1. The van der Waals surface area contributed by atoms with Gasteiger partial charge in [0.05, 0.1) is 16.8 Å². The summed E-state index contributed by atoms with van der Waals surface area (Å²) in [6, 6.07) is 6.64. The number of nitrogens with zero attached hydrogens (tertiary/aromatic N) is 3. The number of carbonyl (C=O) groups is 1. The van der Waals surface area contributed by atoms with Crippen LogP contribution in [0.15, 0.2) is 28.2 Å². The maximum absolute atomic E-state index is 14.0. The zero-order valence-corrected chi connectivity index (χ0v) is 22.2. The highest BCUT2D eigenvalue weighted by molar-refractivity contribution is 7.99. The van der Waals surface area contributed by atoms with E-state index >= 15 is 0 Å². The first kappa shape index (κ1) is 23.6. The molecule has 0 radical (unpaired) electrons. The van der Waals surface area contributed by atoms with Crippen molar-refractivity contribution in [3.63, 3.8) is 0 Å². The lowest BCUT2D eigenvalue weighted by molar-refractivity contribution is -0.134. The summed E-state index contributed by atoms with van der Waals surface area (Å²) in [5.41, 5.74) is 4.36. The van der Waals surface area contributed by atoms with E-state index in [1.807, 2.05) is 11.0 Å². The van der Waals surface area contributed by atoms with E-state index in [0.29, 0.717) is 10.9 Å². The second-order valence-electron chi connectivity index (χ2n) is 9.91. The molecule has 3 aromatic rings. The molecular formula is C27H33N3O2S2. The van der Waals surface area contributed by atoms with Crippen molar-refractivity contribution in [3.05, 3.63) is 50.1 Å². The number of carbonyl (C=O) groups excluding carboxylic acids is 1. The third kappa shape index (κ3) is 4.22. The largest absolute Gasteiger partial charge is 0.337 e. The van der Waals surface area contributed by atoms with Gasteiger partial charge in [-0.25, -0.2) is 4.98 Å². The number of thioether (sulfide) groups is 1. The molecule has 0 saturated carbocycles. The maximum Gasteiger partial charge on any atom is 0.267 e. The number of hydrogen-bond acceptors (Lipinski definition) is 5. The average molecular weight is 496 g/mol. The molecule has 2 aliphatic rings. The van der Waals surface area contributed by atoms with Crippen LogP contribution in [-0.2, 0) is 17.6 Å². The number of likely N-dealkylation sites (tertiary alicyclic amines) is 1. The Morgan fingerprint density at radius 1 is 1.09 bits per heavy atom. The monoisotopic (exact) mass is 495 g/mol. The van der Waals surface area contributed by atoms with Crippen LogP contribution in [0.3, 0.4) is 0 Å². The van der Waals surface area contributed by atoms with Gasteiger partial charge in [0.25, 0.3) is 5.56 Å². The van der Waals surface area contributed by atoms with Crippen LogP contribution in [0.1, 0.15) is 67.5 Å². The molecule has 1 aliphatic heterocycles. The highest BCUT2D eigenvalue weighted by Gasteiger charge is 2.29.